The van der Waals surface area contributed by atoms with Crippen LogP contribution in [0.4, 0.5) is 11.6 Å². The Bertz CT molecular complexity index is 1060. The van der Waals surface area contributed by atoms with Crippen molar-refractivity contribution in [3.63, 3.8) is 0 Å². The smallest absolute Gasteiger partial charge is 0.195 e. The topological polar surface area (TPSA) is 88.5 Å². The van der Waals surface area contributed by atoms with Crippen molar-refractivity contribution in [2.24, 2.45) is 0 Å². The van der Waals surface area contributed by atoms with Gasteiger partial charge in [-0.3, -0.25) is 0 Å². The molecule has 1 fully saturated rings. The fourth-order valence-corrected chi connectivity index (χ4v) is 3.14. The summed E-state index contributed by atoms with van der Waals surface area (Å²) in [5, 5.41) is 22.0. The van der Waals surface area contributed by atoms with Crippen LogP contribution in [-0.2, 0) is 0 Å². The van der Waals surface area contributed by atoms with Gasteiger partial charge in [0.2, 0.25) is 0 Å². The minimum Gasteiger partial charge on any atom is -0.460 e. The van der Waals surface area contributed by atoms with E-state index >= 15 is 0 Å². The summed E-state index contributed by atoms with van der Waals surface area (Å²) in [7, 11) is 2.02. The summed E-state index contributed by atoms with van der Waals surface area (Å²) < 4.78 is 7.33. The first-order chi connectivity index (χ1) is 12.2. The predicted octanol–water partition coefficient (Wildman–Crippen LogP) is 1.29. The Morgan fingerprint density at radius 1 is 1.16 bits per heavy atom. The maximum atomic E-state index is 5.57. The highest BCUT2D eigenvalue weighted by Gasteiger charge is 2.33. The van der Waals surface area contributed by atoms with Crippen molar-refractivity contribution >= 4 is 28.3 Å². The molecule has 9 heteroatoms. The Morgan fingerprint density at radius 3 is 2.92 bits per heavy atom. The molecule has 9 nitrogen and oxygen atoms in total. The summed E-state index contributed by atoms with van der Waals surface area (Å²) in [5.41, 5.74) is 1.53. The van der Waals surface area contributed by atoms with Gasteiger partial charge in [0.25, 0.3) is 0 Å². The zero-order chi connectivity index (χ0) is 17.0. The zero-order valence-electron chi connectivity index (χ0n) is 13.9. The Hall–Kier alpha value is -3.23. The van der Waals surface area contributed by atoms with E-state index in [0.717, 1.165) is 47.2 Å². The number of aromatic nitrogens is 6. The van der Waals surface area contributed by atoms with Gasteiger partial charge in [-0.15, -0.1) is 20.4 Å². The molecular weight excluding hydrogens is 320 g/mol. The number of nitrogens with zero attached hydrogens (tertiary/aromatic N) is 8. The van der Waals surface area contributed by atoms with Gasteiger partial charge in [0, 0.05) is 25.5 Å². The number of likely N-dealkylation sites (N-methyl/N-ethyl adjacent to an activating group) is 1. The average Bonchev–Trinajstić information content (AvgIpc) is 3.20. The standard InChI is InChI=1S/C16H16N8O/c1-10-18-19-13-3-4-14(21-24(10)13)23-8-12(9-23)22(2)16-15-11(5-6-25-15)7-17-20-16/h3-7,12H,8-9H2,1-2H3. The van der Waals surface area contributed by atoms with Gasteiger partial charge >= 0.3 is 0 Å². The van der Waals surface area contributed by atoms with E-state index in [9.17, 15) is 0 Å². The molecule has 5 rings (SSSR count). The largest absolute Gasteiger partial charge is 0.460 e. The third-order valence-corrected chi connectivity index (χ3v) is 4.72. The number of fused-ring (bicyclic) bond motifs is 2. The molecule has 0 spiro atoms. The van der Waals surface area contributed by atoms with Crippen LogP contribution >= 0.6 is 0 Å². The summed E-state index contributed by atoms with van der Waals surface area (Å²) in [6, 6.07) is 6.14. The highest BCUT2D eigenvalue weighted by molar-refractivity contribution is 5.86. The van der Waals surface area contributed by atoms with Gasteiger partial charge < -0.3 is 14.2 Å². The normalized spacial score (nSPS) is 15.0. The molecule has 0 N–H and O–H groups in total. The lowest BCUT2D eigenvalue weighted by Gasteiger charge is -2.44. The van der Waals surface area contributed by atoms with Gasteiger partial charge in [-0.1, -0.05) is 0 Å². The van der Waals surface area contributed by atoms with Crippen LogP contribution in [0.1, 0.15) is 5.82 Å². The van der Waals surface area contributed by atoms with Crippen LogP contribution < -0.4 is 9.80 Å². The average molecular weight is 336 g/mol. The molecule has 0 unspecified atom stereocenters. The van der Waals surface area contributed by atoms with E-state index < -0.39 is 0 Å². The van der Waals surface area contributed by atoms with Crippen LogP contribution in [0.3, 0.4) is 0 Å². The van der Waals surface area contributed by atoms with Crippen LogP contribution in [0.25, 0.3) is 16.6 Å². The number of furan rings is 1. The van der Waals surface area contributed by atoms with Crippen LogP contribution in [0, 0.1) is 6.92 Å². The monoisotopic (exact) mass is 336 g/mol. The van der Waals surface area contributed by atoms with Crippen molar-refractivity contribution in [1.82, 2.24) is 30.0 Å². The van der Waals surface area contributed by atoms with E-state index in [4.69, 9.17) is 4.42 Å². The minimum atomic E-state index is 0.324. The van der Waals surface area contributed by atoms with E-state index in [1.165, 1.54) is 0 Å². The number of hydrogen-bond donors (Lipinski definition) is 0. The van der Waals surface area contributed by atoms with Crippen molar-refractivity contribution in [3.8, 4) is 0 Å². The second-order valence-corrected chi connectivity index (χ2v) is 6.25. The molecular formula is C16H16N8O. The third kappa shape index (κ3) is 2.12. The fourth-order valence-electron chi connectivity index (χ4n) is 3.14. The summed E-state index contributed by atoms with van der Waals surface area (Å²) in [5.74, 6) is 2.47. The third-order valence-electron chi connectivity index (χ3n) is 4.72. The first-order valence-electron chi connectivity index (χ1n) is 8.06. The van der Waals surface area contributed by atoms with Crippen molar-refractivity contribution in [2.75, 3.05) is 29.9 Å². The van der Waals surface area contributed by atoms with Crippen molar-refractivity contribution in [3.05, 3.63) is 36.5 Å². The maximum Gasteiger partial charge on any atom is 0.195 e. The van der Waals surface area contributed by atoms with Crippen molar-refractivity contribution in [1.29, 1.82) is 0 Å². The van der Waals surface area contributed by atoms with Gasteiger partial charge in [-0.2, -0.15) is 9.61 Å². The number of aryl methyl sites for hydroxylation is 1. The molecule has 25 heavy (non-hydrogen) atoms. The van der Waals surface area contributed by atoms with Gasteiger partial charge in [0.1, 0.15) is 5.82 Å². The highest BCUT2D eigenvalue weighted by atomic mass is 16.3. The van der Waals surface area contributed by atoms with Gasteiger partial charge in [-0.25, -0.2) is 0 Å². The molecule has 4 aromatic heterocycles. The molecule has 1 aliphatic heterocycles. The van der Waals surface area contributed by atoms with Crippen LogP contribution in [0.15, 0.2) is 35.1 Å². The first kappa shape index (κ1) is 14.1. The van der Waals surface area contributed by atoms with E-state index in [0.29, 0.717) is 6.04 Å². The Balaban J connectivity index is 1.37. The molecule has 0 radical (unpaired) electrons. The summed E-state index contributed by atoms with van der Waals surface area (Å²) in [6.07, 6.45) is 3.38. The van der Waals surface area contributed by atoms with Gasteiger partial charge in [0.05, 0.1) is 18.5 Å². The second-order valence-electron chi connectivity index (χ2n) is 6.25. The molecule has 4 aromatic rings. The Kier molecular flexibility index (Phi) is 2.90. The molecule has 0 bridgehead atoms. The lowest BCUT2D eigenvalue weighted by molar-refractivity contribution is 0.484. The Labute approximate surface area is 142 Å². The number of rotatable bonds is 3. The highest BCUT2D eigenvalue weighted by Crippen LogP contribution is 2.28. The lowest BCUT2D eigenvalue weighted by atomic mass is 10.1. The summed E-state index contributed by atoms with van der Waals surface area (Å²) in [6.45, 7) is 3.61. The molecule has 0 amide bonds. The fraction of sp³-hybridized carbons (Fsp3) is 0.312. The molecule has 1 saturated heterocycles. The lowest BCUT2D eigenvalue weighted by Crippen LogP contribution is -2.59. The SMILES string of the molecule is Cc1nnc2ccc(N3CC(N(C)c4nncc5ccoc45)C3)nn12. The molecule has 5 heterocycles. The van der Waals surface area contributed by atoms with E-state index in [1.54, 1.807) is 17.0 Å². The predicted molar refractivity (Wildman–Crippen MR) is 91.7 cm³/mol. The first-order valence-corrected chi connectivity index (χ1v) is 8.06. The van der Waals surface area contributed by atoms with E-state index in [1.807, 2.05) is 32.2 Å². The molecule has 1 aliphatic rings. The van der Waals surface area contributed by atoms with E-state index in [2.05, 4.69) is 35.3 Å². The summed E-state index contributed by atoms with van der Waals surface area (Å²) in [4.78, 5) is 4.34. The molecule has 0 saturated carbocycles. The van der Waals surface area contributed by atoms with Crippen LogP contribution in [0.5, 0.6) is 0 Å². The Morgan fingerprint density at radius 2 is 2.04 bits per heavy atom. The molecule has 126 valence electrons. The van der Waals surface area contributed by atoms with Crippen LogP contribution in [0.2, 0.25) is 0 Å². The number of hydrogen-bond acceptors (Lipinski definition) is 8. The quantitative estimate of drug-likeness (QED) is 0.553. The van der Waals surface area contributed by atoms with Gasteiger partial charge in [-0.05, 0) is 25.1 Å². The molecule has 0 atom stereocenters. The number of anilines is 2. The van der Waals surface area contributed by atoms with Crippen molar-refractivity contribution < 1.29 is 4.42 Å². The van der Waals surface area contributed by atoms with Crippen LogP contribution in [-0.4, -0.2) is 56.2 Å². The molecule has 0 aromatic carbocycles. The van der Waals surface area contributed by atoms with Gasteiger partial charge in [0.15, 0.2) is 22.9 Å². The maximum absolute atomic E-state index is 5.57. The van der Waals surface area contributed by atoms with E-state index in [-0.39, 0.29) is 0 Å². The second kappa shape index (κ2) is 5.13. The minimum absolute atomic E-state index is 0.324. The zero-order valence-corrected chi connectivity index (χ0v) is 13.9. The summed E-state index contributed by atoms with van der Waals surface area (Å²) >= 11 is 0. The molecule has 0 aliphatic carbocycles. The van der Waals surface area contributed by atoms with Crippen molar-refractivity contribution in [2.45, 2.75) is 13.0 Å².